The third-order valence-corrected chi connectivity index (χ3v) is 1.59. The topological polar surface area (TPSA) is 0 Å². The molecular formula is C10H17Cl. The Hall–Kier alpha value is -0.150. The van der Waals surface area contributed by atoms with Gasteiger partial charge >= 0.3 is 0 Å². The molecule has 0 bridgehead atoms. The molecule has 0 aromatic rings. The van der Waals surface area contributed by atoms with Gasteiger partial charge in [-0.05, 0) is 18.8 Å². The largest absolute Gasteiger partial charge is 0.127 e. The summed E-state index contributed by atoms with van der Waals surface area (Å²) < 4.78 is 0. The van der Waals surface area contributed by atoms with Crippen molar-refractivity contribution in [2.75, 3.05) is 5.88 Å². The summed E-state index contributed by atoms with van der Waals surface area (Å²) in [6.45, 7) is 4.38. The Morgan fingerprint density at radius 1 is 1.18 bits per heavy atom. The van der Waals surface area contributed by atoms with Gasteiger partial charge in [0.15, 0.2) is 0 Å². The molecule has 0 amide bonds. The molecule has 0 unspecified atom stereocenters. The van der Waals surface area contributed by atoms with Crippen LogP contribution in [0.15, 0.2) is 0 Å². The maximum atomic E-state index is 5.52. The standard InChI is InChI=1S/C10H17Cl/c1-10(2)8-6-4-3-5-7-9-11/h10H,3,5,7-9H2,1-2H3. The van der Waals surface area contributed by atoms with Crippen LogP contribution in [0, 0.1) is 17.8 Å². The Morgan fingerprint density at radius 2 is 1.91 bits per heavy atom. The Kier molecular flexibility index (Phi) is 7.84. The average molecular weight is 173 g/mol. The predicted octanol–water partition coefficient (Wildman–Crippen LogP) is 3.45. The lowest BCUT2D eigenvalue weighted by Gasteiger charge is -1.93. The Labute approximate surface area is 75.3 Å². The van der Waals surface area contributed by atoms with Gasteiger partial charge in [-0.1, -0.05) is 13.8 Å². The van der Waals surface area contributed by atoms with E-state index in [4.69, 9.17) is 11.6 Å². The first kappa shape index (κ1) is 10.8. The summed E-state index contributed by atoms with van der Waals surface area (Å²) in [6.07, 6.45) is 4.28. The Morgan fingerprint density at radius 3 is 2.45 bits per heavy atom. The van der Waals surface area contributed by atoms with E-state index in [1.807, 2.05) is 0 Å². The lowest BCUT2D eigenvalue weighted by molar-refractivity contribution is 0.675. The predicted molar refractivity (Wildman–Crippen MR) is 51.8 cm³/mol. The average Bonchev–Trinajstić information content (AvgIpc) is 1.96. The molecule has 0 aliphatic heterocycles. The molecule has 0 spiro atoms. The molecule has 0 saturated carbocycles. The van der Waals surface area contributed by atoms with Gasteiger partial charge in [0.05, 0.1) is 0 Å². The first-order chi connectivity index (χ1) is 5.27. The van der Waals surface area contributed by atoms with E-state index in [1.165, 1.54) is 0 Å². The minimum absolute atomic E-state index is 0.704. The molecule has 0 heterocycles. The fourth-order valence-electron chi connectivity index (χ4n) is 0.673. The van der Waals surface area contributed by atoms with Crippen LogP contribution in [-0.4, -0.2) is 5.88 Å². The molecule has 0 aromatic carbocycles. The second-order valence-corrected chi connectivity index (χ2v) is 3.48. The minimum Gasteiger partial charge on any atom is -0.127 e. The third kappa shape index (κ3) is 9.85. The first-order valence-electron chi connectivity index (χ1n) is 4.29. The van der Waals surface area contributed by atoms with Crippen molar-refractivity contribution in [3.8, 4) is 11.8 Å². The molecule has 1 heteroatoms. The summed E-state index contributed by atoms with van der Waals surface area (Å²) >= 11 is 5.52. The lowest BCUT2D eigenvalue weighted by Crippen LogP contribution is -1.81. The van der Waals surface area contributed by atoms with Crippen LogP contribution in [0.4, 0.5) is 0 Å². The fourth-order valence-corrected chi connectivity index (χ4v) is 0.862. The number of alkyl halides is 1. The molecule has 0 nitrogen and oxygen atoms in total. The van der Waals surface area contributed by atoms with Crippen LogP contribution in [0.1, 0.15) is 39.5 Å². The van der Waals surface area contributed by atoms with E-state index >= 15 is 0 Å². The highest BCUT2D eigenvalue weighted by Crippen LogP contribution is 1.98. The number of hydrogen-bond donors (Lipinski definition) is 0. The zero-order valence-electron chi connectivity index (χ0n) is 7.49. The second kappa shape index (κ2) is 7.95. The second-order valence-electron chi connectivity index (χ2n) is 3.10. The summed E-state index contributed by atoms with van der Waals surface area (Å²) in [5.41, 5.74) is 0. The molecule has 0 aromatic heterocycles. The van der Waals surface area contributed by atoms with E-state index in [0.29, 0.717) is 5.92 Å². The number of rotatable bonds is 4. The highest BCUT2D eigenvalue weighted by atomic mass is 35.5. The molecule has 0 radical (unpaired) electrons. The minimum atomic E-state index is 0.704. The molecule has 0 fully saturated rings. The summed E-state index contributed by atoms with van der Waals surface area (Å²) in [5.74, 6) is 7.77. The van der Waals surface area contributed by atoms with Gasteiger partial charge in [-0.15, -0.1) is 23.4 Å². The van der Waals surface area contributed by atoms with Crippen LogP contribution in [0.2, 0.25) is 0 Å². The number of unbranched alkanes of at least 4 members (excludes halogenated alkanes) is 2. The maximum absolute atomic E-state index is 5.52. The van der Waals surface area contributed by atoms with E-state index in [2.05, 4.69) is 25.7 Å². The van der Waals surface area contributed by atoms with Crippen molar-refractivity contribution < 1.29 is 0 Å². The quantitative estimate of drug-likeness (QED) is 0.346. The van der Waals surface area contributed by atoms with Crippen LogP contribution in [0.5, 0.6) is 0 Å². The maximum Gasteiger partial charge on any atom is 0.0223 e. The SMILES string of the molecule is CC(C)CC#CCCCCCl. The Balaban J connectivity index is 3.12. The summed E-state index contributed by atoms with van der Waals surface area (Å²) in [4.78, 5) is 0. The number of halogens is 1. The van der Waals surface area contributed by atoms with E-state index in [1.54, 1.807) is 0 Å². The zero-order chi connectivity index (χ0) is 8.53. The highest BCUT2D eigenvalue weighted by molar-refractivity contribution is 6.17. The van der Waals surface area contributed by atoms with Gasteiger partial charge in [0.25, 0.3) is 0 Å². The van der Waals surface area contributed by atoms with Gasteiger partial charge in [-0.25, -0.2) is 0 Å². The monoisotopic (exact) mass is 172 g/mol. The van der Waals surface area contributed by atoms with Crippen LogP contribution < -0.4 is 0 Å². The Bertz CT molecular complexity index is 128. The smallest absolute Gasteiger partial charge is 0.0223 e. The van der Waals surface area contributed by atoms with Gasteiger partial charge in [0, 0.05) is 18.7 Å². The molecule has 0 aliphatic carbocycles. The van der Waals surface area contributed by atoms with Crippen molar-refractivity contribution in [3.63, 3.8) is 0 Å². The van der Waals surface area contributed by atoms with Gasteiger partial charge in [-0.2, -0.15) is 0 Å². The van der Waals surface area contributed by atoms with Crippen LogP contribution in [0.25, 0.3) is 0 Å². The molecule has 0 saturated heterocycles. The van der Waals surface area contributed by atoms with Crippen molar-refractivity contribution in [2.45, 2.75) is 39.5 Å². The van der Waals surface area contributed by atoms with E-state index < -0.39 is 0 Å². The molecular weight excluding hydrogens is 156 g/mol. The van der Waals surface area contributed by atoms with Crippen molar-refractivity contribution in [3.05, 3.63) is 0 Å². The third-order valence-electron chi connectivity index (χ3n) is 1.32. The molecule has 64 valence electrons. The van der Waals surface area contributed by atoms with Crippen molar-refractivity contribution >= 4 is 11.6 Å². The lowest BCUT2D eigenvalue weighted by atomic mass is 10.1. The van der Waals surface area contributed by atoms with Gasteiger partial charge in [0.2, 0.25) is 0 Å². The van der Waals surface area contributed by atoms with Gasteiger partial charge in [0.1, 0.15) is 0 Å². The summed E-state index contributed by atoms with van der Waals surface area (Å²) in [5, 5.41) is 0. The van der Waals surface area contributed by atoms with Gasteiger partial charge < -0.3 is 0 Å². The normalized spacial score (nSPS) is 9.45. The van der Waals surface area contributed by atoms with Crippen molar-refractivity contribution in [1.82, 2.24) is 0 Å². The van der Waals surface area contributed by atoms with Crippen LogP contribution in [-0.2, 0) is 0 Å². The molecule has 0 N–H and O–H groups in total. The summed E-state index contributed by atoms with van der Waals surface area (Å²) in [6, 6.07) is 0. The fraction of sp³-hybridized carbons (Fsp3) is 0.800. The molecule has 0 aliphatic rings. The van der Waals surface area contributed by atoms with E-state index in [0.717, 1.165) is 31.6 Å². The van der Waals surface area contributed by atoms with Crippen LogP contribution in [0.3, 0.4) is 0 Å². The molecule has 11 heavy (non-hydrogen) atoms. The van der Waals surface area contributed by atoms with Crippen molar-refractivity contribution in [1.29, 1.82) is 0 Å². The van der Waals surface area contributed by atoms with Crippen molar-refractivity contribution in [2.24, 2.45) is 5.92 Å². The van der Waals surface area contributed by atoms with Crippen LogP contribution >= 0.6 is 11.6 Å². The first-order valence-corrected chi connectivity index (χ1v) is 4.82. The summed E-state index contributed by atoms with van der Waals surface area (Å²) in [7, 11) is 0. The number of hydrogen-bond acceptors (Lipinski definition) is 0. The van der Waals surface area contributed by atoms with E-state index in [-0.39, 0.29) is 0 Å². The van der Waals surface area contributed by atoms with Gasteiger partial charge in [-0.3, -0.25) is 0 Å². The highest BCUT2D eigenvalue weighted by Gasteiger charge is 1.86. The zero-order valence-corrected chi connectivity index (χ0v) is 8.25. The molecule has 0 rings (SSSR count). The molecule has 0 atom stereocenters. The van der Waals surface area contributed by atoms with E-state index in [9.17, 15) is 0 Å².